The standard InChI is InChI=1S/C53H45BOP2/c54-57(44-25-11-4-12-26-44,51-36-35-49-47-28-14-18-39-17-13-27-46(52(39)47)48-29-15-30-50(51)53(48)49)45-33-31-40(32-34-45)55-37-16-38-56(41-19-5-1-6-20-41,42-21-7-2-8-22-42)43-23-9-3-10-24-43/h1-15,17-36,56-57H,16,37-38,54H2. The van der Waals surface area contributed by atoms with E-state index in [0.29, 0.717) is 6.61 Å². The van der Waals surface area contributed by atoms with Gasteiger partial charge in [-0.1, -0.05) is 0 Å². The Morgan fingerprint density at radius 2 is 0.807 bits per heavy atom. The molecule has 0 bridgehead atoms. The second-order valence-corrected chi connectivity index (χ2v) is 23.6. The van der Waals surface area contributed by atoms with Gasteiger partial charge in [-0.25, -0.2) is 0 Å². The topological polar surface area (TPSA) is 9.23 Å². The van der Waals surface area contributed by atoms with Crippen molar-refractivity contribution in [1.29, 1.82) is 0 Å². The normalized spacial score (nSPS) is 12.7. The van der Waals surface area contributed by atoms with Crippen LogP contribution in [0.1, 0.15) is 6.42 Å². The van der Waals surface area contributed by atoms with Crippen LogP contribution in [0.15, 0.2) is 212 Å². The molecular weight excluding hydrogens is 725 g/mol. The van der Waals surface area contributed by atoms with Gasteiger partial charge in [0.1, 0.15) is 0 Å². The van der Waals surface area contributed by atoms with Crippen LogP contribution in [-0.4, -0.2) is 20.3 Å². The molecule has 0 saturated carbocycles. The van der Waals surface area contributed by atoms with E-state index in [1.807, 2.05) is 0 Å². The van der Waals surface area contributed by atoms with Crippen LogP contribution in [0.3, 0.4) is 0 Å². The van der Waals surface area contributed by atoms with Crippen LogP contribution in [0, 0.1) is 0 Å². The second kappa shape index (κ2) is 14.9. The van der Waals surface area contributed by atoms with Crippen molar-refractivity contribution < 1.29 is 4.74 Å². The average Bonchev–Trinajstić information content (AvgIpc) is 3.29. The Hall–Kier alpha value is -5.78. The maximum atomic E-state index is 6.61. The van der Waals surface area contributed by atoms with Crippen LogP contribution >= 0.6 is 14.4 Å². The Bertz CT molecular complexity index is 2810. The van der Waals surface area contributed by atoms with Crippen LogP contribution in [0.4, 0.5) is 0 Å². The first-order chi connectivity index (χ1) is 28.2. The number of hydrogen-bond donors (Lipinski definition) is 0. The summed E-state index contributed by atoms with van der Waals surface area (Å²) in [6.07, 6.45) is 2.02. The summed E-state index contributed by atoms with van der Waals surface area (Å²) < 4.78 is 6.61. The number of ether oxygens (including phenoxy) is 1. The van der Waals surface area contributed by atoms with Crippen molar-refractivity contribution in [3.63, 3.8) is 0 Å². The van der Waals surface area contributed by atoms with E-state index in [1.165, 1.54) is 74.9 Å². The van der Waals surface area contributed by atoms with E-state index in [2.05, 4.69) is 220 Å². The van der Waals surface area contributed by atoms with Gasteiger partial charge in [0.15, 0.2) is 0 Å². The van der Waals surface area contributed by atoms with Crippen molar-refractivity contribution in [2.45, 2.75) is 6.42 Å². The zero-order chi connectivity index (χ0) is 38.2. The minimum atomic E-state index is -2.48. The monoisotopic (exact) mass is 770 g/mol. The Balaban J connectivity index is 0.994. The van der Waals surface area contributed by atoms with E-state index in [-0.39, 0.29) is 0 Å². The van der Waals surface area contributed by atoms with Gasteiger partial charge < -0.3 is 0 Å². The third-order valence-electron chi connectivity index (χ3n) is 12.6. The summed E-state index contributed by atoms with van der Waals surface area (Å²) in [4.78, 5) is 0. The molecule has 10 aromatic carbocycles. The first-order valence-electron chi connectivity index (χ1n) is 20.2. The Labute approximate surface area is 337 Å². The summed E-state index contributed by atoms with van der Waals surface area (Å²) in [6.45, 7) is 0.664. The van der Waals surface area contributed by atoms with Gasteiger partial charge in [-0.05, 0) is 0 Å². The first kappa shape index (κ1) is 35.6. The molecule has 10 rings (SSSR count). The minimum absolute atomic E-state index is 0.664. The van der Waals surface area contributed by atoms with Crippen LogP contribution in [0.2, 0.25) is 0 Å². The molecule has 57 heavy (non-hydrogen) atoms. The molecule has 0 saturated heterocycles. The molecule has 0 amide bonds. The van der Waals surface area contributed by atoms with E-state index in [0.717, 1.165) is 18.3 Å². The Morgan fingerprint density at radius 1 is 0.368 bits per heavy atom. The van der Waals surface area contributed by atoms with Crippen molar-refractivity contribution in [3.8, 4) is 5.75 Å². The predicted molar refractivity (Wildman–Crippen MR) is 258 cm³/mol. The maximum absolute atomic E-state index is 6.61. The Morgan fingerprint density at radius 3 is 1.35 bits per heavy atom. The number of rotatable bonds is 11. The first-order valence-corrected chi connectivity index (χ1v) is 24.9. The number of hydrogen-bond acceptors (Lipinski definition) is 1. The molecule has 0 aliphatic heterocycles. The molecule has 0 aliphatic carbocycles. The quantitative estimate of drug-likeness (QED) is 0.0419. The third kappa shape index (κ3) is 6.03. The summed E-state index contributed by atoms with van der Waals surface area (Å²) >= 11 is 0. The summed E-state index contributed by atoms with van der Waals surface area (Å²) in [5.74, 6) is 0.927. The summed E-state index contributed by atoms with van der Waals surface area (Å²) in [6, 6.07) is 79.2. The fourth-order valence-electron chi connectivity index (χ4n) is 9.84. The summed E-state index contributed by atoms with van der Waals surface area (Å²) in [5, 5.41) is 19.3. The molecule has 0 atom stereocenters. The van der Waals surface area contributed by atoms with Gasteiger partial charge in [0.05, 0.1) is 0 Å². The molecule has 0 unspecified atom stereocenters. The van der Waals surface area contributed by atoms with Crippen molar-refractivity contribution in [2.24, 2.45) is 0 Å². The third-order valence-corrected chi connectivity index (χ3v) is 22.2. The summed E-state index contributed by atoms with van der Waals surface area (Å²) in [5.41, 5.74) is 0. The molecule has 276 valence electrons. The van der Waals surface area contributed by atoms with E-state index in [4.69, 9.17) is 4.74 Å². The van der Waals surface area contributed by atoms with E-state index >= 15 is 0 Å². The van der Waals surface area contributed by atoms with Crippen LogP contribution in [0.25, 0.3) is 43.1 Å². The average molecular weight is 771 g/mol. The van der Waals surface area contributed by atoms with Crippen LogP contribution in [0.5, 0.6) is 5.75 Å². The van der Waals surface area contributed by atoms with E-state index in [1.54, 1.807) is 0 Å². The fourth-order valence-corrected chi connectivity index (χ4v) is 18.5. The van der Waals surface area contributed by atoms with Crippen molar-refractivity contribution in [1.82, 2.24) is 0 Å². The van der Waals surface area contributed by atoms with Gasteiger partial charge in [0, 0.05) is 0 Å². The molecule has 0 aromatic heterocycles. The molecular formula is C53H45BOP2. The summed E-state index contributed by atoms with van der Waals surface area (Å²) in [7, 11) is -2.26. The van der Waals surface area contributed by atoms with Gasteiger partial charge in [0.2, 0.25) is 0 Å². The molecule has 10 aromatic rings. The van der Waals surface area contributed by atoms with Gasteiger partial charge in [0.25, 0.3) is 0 Å². The van der Waals surface area contributed by atoms with Gasteiger partial charge >= 0.3 is 339 Å². The zero-order valence-electron chi connectivity index (χ0n) is 32.2. The molecule has 0 heterocycles. The van der Waals surface area contributed by atoms with Gasteiger partial charge in [-0.15, -0.1) is 0 Å². The SMILES string of the molecule is B[PH](c1ccccc1)(c1ccc(OCCC[PH](c2ccccc2)(c2ccccc2)c2ccccc2)cc1)c1ccc2c3cccc4cccc(c5cccc1c52)c43. The number of fused-ring (bicyclic) bond motifs is 2. The second-order valence-electron chi connectivity index (χ2n) is 15.6. The van der Waals surface area contributed by atoms with Crippen molar-refractivity contribution in [2.75, 3.05) is 12.8 Å². The Kier molecular flexibility index (Phi) is 9.34. The van der Waals surface area contributed by atoms with Crippen molar-refractivity contribution in [3.05, 3.63) is 212 Å². The molecule has 1 nitrogen and oxygen atoms in total. The number of benzene rings is 10. The molecule has 0 fully saturated rings. The fraction of sp³-hybridized carbons (Fsp3) is 0.0566. The molecule has 0 spiro atoms. The molecule has 0 N–H and O–H groups in total. The predicted octanol–water partition coefficient (Wildman–Crippen LogP) is 9.81. The van der Waals surface area contributed by atoms with Gasteiger partial charge in [-0.2, -0.15) is 0 Å². The van der Waals surface area contributed by atoms with Crippen LogP contribution in [-0.2, 0) is 0 Å². The molecule has 0 radical (unpaired) electrons. The van der Waals surface area contributed by atoms with E-state index < -0.39 is 14.4 Å². The molecule has 0 aliphatic rings. The molecule has 4 heteroatoms. The van der Waals surface area contributed by atoms with Crippen LogP contribution < -0.4 is 36.6 Å². The van der Waals surface area contributed by atoms with Crippen molar-refractivity contribution >= 4 is 96.9 Å². The van der Waals surface area contributed by atoms with Gasteiger partial charge in [-0.3, -0.25) is 0 Å². The zero-order valence-corrected chi connectivity index (χ0v) is 34.2. The van der Waals surface area contributed by atoms with E-state index in [9.17, 15) is 0 Å².